The SMILES string of the molecule is O=C(CCc1cc#ccc1)Nc1csc(-c2ccc(O)cc2)c1C(=O)O. The summed E-state index contributed by atoms with van der Waals surface area (Å²) in [4.78, 5) is 24.4. The van der Waals surface area contributed by atoms with E-state index < -0.39 is 5.97 Å². The average Bonchev–Trinajstić information content (AvgIpc) is 3.05. The molecule has 2 aromatic carbocycles. The minimum Gasteiger partial charge on any atom is -0.508 e. The predicted molar refractivity (Wildman–Crippen MR) is 99.4 cm³/mol. The molecule has 0 bridgehead atoms. The van der Waals surface area contributed by atoms with Crippen molar-refractivity contribution in [2.45, 2.75) is 12.8 Å². The molecule has 26 heavy (non-hydrogen) atoms. The minimum absolute atomic E-state index is 0.0525. The first-order chi connectivity index (χ1) is 12.5. The molecule has 0 radical (unpaired) electrons. The van der Waals surface area contributed by atoms with Crippen molar-refractivity contribution in [2.75, 3.05) is 5.32 Å². The number of anilines is 1. The van der Waals surface area contributed by atoms with Gasteiger partial charge in [-0.2, -0.15) is 0 Å². The number of hydrogen-bond donors (Lipinski definition) is 3. The first-order valence-electron chi connectivity index (χ1n) is 7.85. The molecule has 6 heteroatoms. The van der Waals surface area contributed by atoms with Gasteiger partial charge in [-0.15, -0.1) is 11.3 Å². The van der Waals surface area contributed by atoms with Crippen LogP contribution in [0, 0.1) is 12.1 Å². The summed E-state index contributed by atoms with van der Waals surface area (Å²) < 4.78 is 0. The minimum atomic E-state index is -1.11. The Balaban J connectivity index is 1.76. The number of aryl methyl sites for hydroxylation is 1. The molecule has 0 spiro atoms. The molecule has 1 amide bonds. The van der Waals surface area contributed by atoms with E-state index >= 15 is 0 Å². The van der Waals surface area contributed by atoms with E-state index in [-0.39, 0.29) is 29.3 Å². The summed E-state index contributed by atoms with van der Waals surface area (Å²) in [5.41, 5.74) is 1.97. The molecule has 130 valence electrons. The second-order valence-electron chi connectivity index (χ2n) is 5.59. The molecule has 0 saturated carbocycles. The lowest BCUT2D eigenvalue weighted by Gasteiger charge is -2.06. The largest absolute Gasteiger partial charge is 0.508 e. The average molecular weight is 365 g/mol. The monoisotopic (exact) mass is 365 g/mol. The van der Waals surface area contributed by atoms with E-state index in [1.807, 2.05) is 6.07 Å². The molecule has 0 fully saturated rings. The van der Waals surface area contributed by atoms with Crippen molar-refractivity contribution in [3.05, 3.63) is 71.1 Å². The molecule has 1 heterocycles. The molecule has 0 aliphatic heterocycles. The van der Waals surface area contributed by atoms with Crippen LogP contribution < -0.4 is 5.32 Å². The van der Waals surface area contributed by atoms with Gasteiger partial charge in [0.15, 0.2) is 0 Å². The van der Waals surface area contributed by atoms with Crippen molar-refractivity contribution in [1.29, 1.82) is 0 Å². The van der Waals surface area contributed by atoms with Crippen LogP contribution in [0.25, 0.3) is 10.4 Å². The van der Waals surface area contributed by atoms with Crippen molar-refractivity contribution in [3.8, 4) is 16.2 Å². The molecular formula is C20H15NO4S. The number of nitrogens with one attached hydrogen (secondary N) is 1. The Bertz CT molecular complexity index is 917. The molecule has 3 aromatic rings. The van der Waals surface area contributed by atoms with E-state index in [0.717, 1.165) is 5.56 Å². The van der Waals surface area contributed by atoms with Crippen LogP contribution >= 0.6 is 11.3 Å². The molecule has 0 aliphatic carbocycles. The van der Waals surface area contributed by atoms with Crippen LogP contribution in [0.2, 0.25) is 0 Å². The van der Waals surface area contributed by atoms with Gasteiger partial charge in [0.1, 0.15) is 11.3 Å². The third-order valence-corrected chi connectivity index (χ3v) is 4.80. The number of carbonyl (C=O) groups excluding carboxylic acids is 1. The number of benzene rings is 1. The first kappa shape index (κ1) is 17.5. The van der Waals surface area contributed by atoms with Gasteiger partial charge in [0.05, 0.1) is 10.6 Å². The van der Waals surface area contributed by atoms with Gasteiger partial charge in [-0.3, -0.25) is 4.79 Å². The summed E-state index contributed by atoms with van der Waals surface area (Å²) >= 11 is 1.23. The maximum Gasteiger partial charge on any atom is 0.339 e. The highest BCUT2D eigenvalue weighted by molar-refractivity contribution is 7.14. The molecule has 1 aromatic heterocycles. The Morgan fingerprint density at radius 3 is 2.54 bits per heavy atom. The summed E-state index contributed by atoms with van der Waals surface area (Å²) in [6.45, 7) is 0. The lowest BCUT2D eigenvalue weighted by molar-refractivity contribution is -0.116. The zero-order valence-corrected chi connectivity index (χ0v) is 14.5. The second kappa shape index (κ2) is 7.72. The van der Waals surface area contributed by atoms with Crippen LogP contribution in [0.3, 0.4) is 0 Å². The normalized spacial score (nSPS) is 10.2. The number of rotatable bonds is 6. The fraction of sp³-hybridized carbons (Fsp3) is 0.100. The van der Waals surface area contributed by atoms with Gasteiger partial charge in [-0.1, -0.05) is 12.1 Å². The topological polar surface area (TPSA) is 86.6 Å². The number of thiophene rings is 1. The van der Waals surface area contributed by atoms with E-state index in [4.69, 9.17) is 0 Å². The van der Waals surface area contributed by atoms with Crippen LogP contribution in [-0.2, 0) is 11.2 Å². The van der Waals surface area contributed by atoms with Gasteiger partial charge in [0, 0.05) is 11.8 Å². The molecule has 3 N–H and O–H groups in total. The Labute approximate surface area is 154 Å². The fourth-order valence-electron chi connectivity index (χ4n) is 2.49. The van der Waals surface area contributed by atoms with Crippen LogP contribution in [0.5, 0.6) is 5.75 Å². The Kier molecular flexibility index (Phi) is 5.20. The highest BCUT2D eigenvalue weighted by Gasteiger charge is 2.21. The Morgan fingerprint density at radius 1 is 1.12 bits per heavy atom. The van der Waals surface area contributed by atoms with Crippen LogP contribution in [0.15, 0.2) is 47.8 Å². The highest BCUT2D eigenvalue weighted by Crippen LogP contribution is 2.36. The third-order valence-electron chi connectivity index (χ3n) is 3.77. The Hall–Kier alpha value is -3.30. The zero-order valence-electron chi connectivity index (χ0n) is 13.7. The van der Waals surface area contributed by atoms with Crippen molar-refractivity contribution in [2.24, 2.45) is 0 Å². The number of carboxylic acids is 1. The lowest BCUT2D eigenvalue weighted by Crippen LogP contribution is -2.14. The standard InChI is InChI=1S/C20H15NO4S/c22-15-9-7-14(8-10-15)19-18(20(24)25)16(12-26-19)21-17(23)11-6-13-4-2-1-3-5-13/h2,4-5,7-10,12,22H,6,11H2,(H,21,23)(H,24,25). The van der Waals surface area contributed by atoms with E-state index in [9.17, 15) is 19.8 Å². The van der Waals surface area contributed by atoms with Gasteiger partial charge in [-0.25, -0.2) is 4.79 Å². The number of hydrogen-bond acceptors (Lipinski definition) is 4. The molecule has 5 nitrogen and oxygen atoms in total. The third kappa shape index (κ3) is 4.02. The van der Waals surface area contributed by atoms with Gasteiger partial charge in [-0.05, 0) is 60.0 Å². The number of aromatic carboxylic acids is 1. The van der Waals surface area contributed by atoms with Crippen LogP contribution in [0.4, 0.5) is 5.69 Å². The lowest BCUT2D eigenvalue weighted by atomic mass is 10.1. The van der Waals surface area contributed by atoms with Crippen molar-refractivity contribution >= 4 is 28.9 Å². The predicted octanol–water partition coefficient (Wildman–Crippen LogP) is 3.99. The number of carboxylic acid groups (broad SMARTS) is 1. The first-order valence-corrected chi connectivity index (χ1v) is 8.73. The number of carbonyl (C=O) groups is 2. The van der Waals surface area contributed by atoms with Gasteiger partial charge < -0.3 is 15.5 Å². The molecule has 0 saturated heterocycles. The molecule has 0 atom stereocenters. The molecular weight excluding hydrogens is 350 g/mol. The summed E-state index contributed by atoms with van der Waals surface area (Å²) in [6, 6.07) is 17.3. The van der Waals surface area contributed by atoms with E-state index in [2.05, 4.69) is 17.4 Å². The highest BCUT2D eigenvalue weighted by atomic mass is 32.1. The van der Waals surface area contributed by atoms with Crippen molar-refractivity contribution in [3.63, 3.8) is 0 Å². The maximum absolute atomic E-state index is 12.2. The second-order valence-corrected chi connectivity index (χ2v) is 6.47. The number of aromatic hydroxyl groups is 1. The van der Waals surface area contributed by atoms with E-state index in [1.165, 1.54) is 23.5 Å². The van der Waals surface area contributed by atoms with Crippen molar-refractivity contribution < 1.29 is 19.8 Å². The number of phenols is 1. The van der Waals surface area contributed by atoms with E-state index in [0.29, 0.717) is 16.9 Å². The summed E-state index contributed by atoms with van der Waals surface area (Å²) in [5, 5.41) is 23.3. The van der Waals surface area contributed by atoms with Gasteiger partial charge in [0.25, 0.3) is 0 Å². The number of amides is 1. The van der Waals surface area contributed by atoms with Crippen LogP contribution in [-0.4, -0.2) is 22.1 Å². The smallest absolute Gasteiger partial charge is 0.339 e. The summed E-state index contributed by atoms with van der Waals surface area (Å²) in [6.07, 6.45) is 0.773. The maximum atomic E-state index is 12.2. The van der Waals surface area contributed by atoms with E-state index in [1.54, 1.807) is 29.6 Å². The Morgan fingerprint density at radius 2 is 1.88 bits per heavy atom. The quantitative estimate of drug-likeness (QED) is 0.616. The zero-order chi connectivity index (χ0) is 18.5. The molecule has 0 unspecified atom stereocenters. The van der Waals surface area contributed by atoms with Gasteiger partial charge >= 0.3 is 5.97 Å². The number of phenolic OH excluding ortho intramolecular Hbond substituents is 1. The summed E-state index contributed by atoms with van der Waals surface area (Å²) in [7, 11) is 0. The van der Waals surface area contributed by atoms with Crippen LogP contribution in [0.1, 0.15) is 22.3 Å². The van der Waals surface area contributed by atoms with Crippen molar-refractivity contribution in [1.82, 2.24) is 0 Å². The van der Waals surface area contributed by atoms with Gasteiger partial charge in [0.2, 0.25) is 5.91 Å². The molecule has 0 aliphatic rings. The summed E-state index contributed by atoms with van der Waals surface area (Å²) in [5.74, 6) is -1.26. The molecule has 3 rings (SSSR count). The fourth-order valence-corrected chi connectivity index (χ4v) is 3.49.